The summed E-state index contributed by atoms with van der Waals surface area (Å²) in [7, 11) is 0. The number of halogens is 5. The zero-order valence-corrected chi connectivity index (χ0v) is 15.0. The van der Waals surface area contributed by atoms with Gasteiger partial charge >= 0.3 is 6.18 Å². The molecule has 0 radical (unpaired) electrons. The molecule has 1 aliphatic carbocycles. The predicted molar refractivity (Wildman–Crippen MR) is 94.8 cm³/mol. The van der Waals surface area contributed by atoms with E-state index < -0.39 is 53.3 Å². The van der Waals surface area contributed by atoms with Crippen LogP contribution in [-0.2, 0) is 17.3 Å². The quantitative estimate of drug-likeness (QED) is 0.676. The van der Waals surface area contributed by atoms with E-state index in [1.54, 1.807) is 0 Å². The molecule has 0 saturated heterocycles. The third-order valence-corrected chi connectivity index (χ3v) is 5.17. The van der Waals surface area contributed by atoms with Crippen molar-refractivity contribution in [1.82, 2.24) is 0 Å². The van der Waals surface area contributed by atoms with Crippen LogP contribution >= 0.6 is 0 Å². The smallest absolute Gasteiger partial charge is 0.416 e. The van der Waals surface area contributed by atoms with E-state index >= 15 is 0 Å². The molecular formula is C21H12F5NO3. The Labute approximate surface area is 166 Å². The van der Waals surface area contributed by atoms with Crippen LogP contribution in [-0.4, -0.2) is 16.3 Å². The van der Waals surface area contributed by atoms with Crippen molar-refractivity contribution in [2.45, 2.75) is 18.7 Å². The van der Waals surface area contributed by atoms with Crippen LogP contribution in [0.25, 0.3) is 11.1 Å². The van der Waals surface area contributed by atoms with Crippen molar-refractivity contribution in [1.29, 1.82) is 5.26 Å². The van der Waals surface area contributed by atoms with Crippen molar-refractivity contribution in [2.75, 3.05) is 0 Å². The SMILES string of the molecule is N#CC1C=COC1C1=C(c2ccc(O)c(F)c2F)Cc2c1cc(O)cc2C(F)(F)F. The zero-order chi connectivity index (χ0) is 21.8. The molecule has 0 saturated carbocycles. The Morgan fingerprint density at radius 1 is 1.07 bits per heavy atom. The van der Waals surface area contributed by atoms with Gasteiger partial charge in [0.05, 0.1) is 17.9 Å². The topological polar surface area (TPSA) is 73.5 Å². The number of benzene rings is 2. The van der Waals surface area contributed by atoms with Crippen LogP contribution in [0.5, 0.6) is 11.5 Å². The van der Waals surface area contributed by atoms with E-state index in [9.17, 15) is 37.4 Å². The molecule has 0 bridgehead atoms. The summed E-state index contributed by atoms with van der Waals surface area (Å²) >= 11 is 0. The van der Waals surface area contributed by atoms with Crippen molar-refractivity contribution in [2.24, 2.45) is 5.92 Å². The van der Waals surface area contributed by atoms with Crippen LogP contribution in [0.1, 0.15) is 22.3 Å². The molecule has 4 rings (SSSR count). The Bertz CT molecular complexity index is 1160. The first-order valence-corrected chi connectivity index (χ1v) is 8.69. The van der Waals surface area contributed by atoms with Gasteiger partial charge in [-0.15, -0.1) is 0 Å². The second-order valence-corrected chi connectivity index (χ2v) is 6.89. The average Bonchev–Trinajstić information content (AvgIpc) is 3.28. The summed E-state index contributed by atoms with van der Waals surface area (Å²) in [5, 5.41) is 28.7. The Morgan fingerprint density at radius 3 is 2.47 bits per heavy atom. The van der Waals surface area contributed by atoms with E-state index in [1.807, 2.05) is 6.07 Å². The fraction of sp³-hybridized carbons (Fsp3) is 0.190. The molecule has 2 unspecified atom stereocenters. The molecule has 2 aromatic carbocycles. The molecule has 2 aliphatic rings. The Morgan fingerprint density at radius 2 is 1.80 bits per heavy atom. The van der Waals surface area contributed by atoms with Gasteiger partial charge < -0.3 is 14.9 Å². The van der Waals surface area contributed by atoms with Crippen molar-refractivity contribution in [3.63, 3.8) is 0 Å². The number of rotatable bonds is 2. The molecule has 9 heteroatoms. The third-order valence-electron chi connectivity index (χ3n) is 5.17. The molecule has 0 amide bonds. The van der Waals surface area contributed by atoms with E-state index in [0.29, 0.717) is 6.07 Å². The van der Waals surface area contributed by atoms with Gasteiger partial charge in [-0.25, -0.2) is 4.39 Å². The van der Waals surface area contributed by atoms with Gasteiger partial charge in [-0.3, -0.25) is 0 Å². The predicted octanol–water partition coefficient (Wildman–Crippen LogP) is 4.91. The summed E-state index contributed by atoms with van der Waals surface area (Å²) in [4.78, 5) is 0. The lowest BCUT2D eigenvalue weighted by Crippen LogP contribution is -2.18. The summed E-state index contributed by atoms with van der Waals surface area (Å²) in [6.45, 7) is 0. The summed E-state index contributed by atoms with van der Waals surface area (Å²) in [6.07, 6.45) is -3.72. The van der Waals surface area contributed by atoms with E-state index in [-0.39, 0.29) is 27.8 Å². The first kappa shape index (κ1) is 19.8. The molecule has 4 nitrogen and oxygen atoms in total. The fourth-order valence-corrected chi connectivity index (χ4v) is 3.87. The zero-order valence-electron chi connectivity index (χ0n) is 15.0. The standard InChI is InChI=1S/C21H12F5NO3/c22-18-11(1-2-16(29)19(18)23)14-7-12-13(5-10(28)6-15(12)21(24,25)26)17(14)20-9(8-27)3-4-30-20/h1-6,9,20,28-29H,7H2. The van der Waals surface area contributed by atoms with Gasteiger partial charge in [0.2, 0.25) is 5.82 Å². The molecule has 0 fully saturated rings. The molecule has 1 aliphatic heterocycles. The largest absolute Gasteiger partial charge is 0.508 e. The molecule has 2 aromatic rings. The number of nitrogens with zero attached hydrogens (tertiary/aromatic N) is 1. The van der Waals surface area contributed by atoms with Gasteiger partial charge in [0, 0.05) is 11.1 Å². The molecule has 2 N–H and O–H groups in total. The normalized spacial score (nSPS) is 20.3. The molecule has 0 aromatic heterocycles. The van der Waals surface area contributed by atoms with Crippen molar-refractivity contribution < 1.29 is 36.9 Å². The maximum atomic E-state index is 14.6. The number of hydrogen-bond donors (Lipinski definition) is 2. The minimum atomic E-state index is -4.81. The molecule has 154 valence electrons. The van der Waals surface area contributed by atoms with Crippen LogP contribution in [0.4, 0.5) is 22.0 Å². The lowest BCUT2D eigenvalue weighted by molar-refractivity contribution is -0.138. The summed E-state index contributed by atoms with van der Waals surface area (Å²) in [5.41, 5.74) is -1.76. The lowest BCUT2D eigenvalue weighted by Gasteiger charge is -2.20. The minimum absolute atomic E-state index is 0.0218. The van der Waals surface area contributed by atoms with Gasteiger partial charge in [-0.2, -0.15) is 22.8 Å². The number of ether oxygens (including phenoxy) is 1. The number of phenolic OH excluding ortho intramolecular Hbond substituents is 2. The van der Waals surface area contributed by atoms with Crippen LogP contribution in [0.3, 0.4) is 0 Å². The van der Waals surface area contributed by atoms with Crippen molar-refractivity contribution in [3.8, 4) is 17.6 Å². The first-order valence-electron chi connectivity index (χ1n) is 8.69. The number of phenols is 2. The highest BCUT2D eigenvalue weighted by atomic mass is 19.4. The summed E-state index contributed by atoms with van der Waals surface area (Å²) in [5.74, 6) is -5.49. The Balaban J connectivity index is 2.01. The number of aromatic hydroxyl groups is 2. The third kappa shape index (κ3) is 2.96. The highest BCUT2D eigenvalue weighted by Crippen LogP contribution is 2.50. The molecule has 1 heterocycles. The van der Waals surface area contributed by atoms with E-state index in [4.69, 9.17) is 4.74 Å². The Kier molecular flexibility index (Phi) is 4.45. The molecule has 30 heavy (non-hydrogen) atoms. The maximum absolute atomic E-state index is 14.6. The van der Waals surface area contributed by atoms with Gasteiger partial charge in [-0.1, -0.05) is 0 Å². The molecular weight excluding hydrogens is 409 g/mol. The number of alkyl halides is 3. The van der Waals surface area contributed by atoms with Gasteiger partial charge in [0.1, 0.15) is 17.8 Å². The monoisotopic (exact) mass is 421 g/mol. The minimum Gasteiger partial charge on any atom is -0.508 e. The van der Waals surface area contributed by atoms with Crippen LogP contribution < -0.4 is 0 Å². The van der Waals surface area contributed by atoms with Gasteiger partial charge in [-0.05, 0) is 53.5 Å². The first-order chi connectivity index (χ1) is 14.1. The average molecular weight is 421 g/mol. The maximum Gasteiger partial charge on any atom is 0.416 e. The van der Waals surface area contributed by atoms with Crippen molar-refractivity contribution in [3.05, 3.63) is 70.5 Å². The van der Waals surface area contributed by atoms with Crippen LogP contribution in [0.2, 0.25) is 0 Å². The second-order valence-electron chi connectivity index (χ2n) is 6.89. The number of hydrogen-bond acceptors (Lipinski definition) is 4. The number of fused-ring (bicyclic) bond motifs is 1. The number of allylic oxidation sites excluding steroid dienone is 1. The van der Waals surface area contributed by atoms with Gasteiger partial charge in [0.15, 0.2) is 11.6 Å². The van der Waals surface area contributed by atoms with Gasteiger partial charge in [0.25, 0.3) is 0 Å². The highest BCUT2D eigenvalue weighted by Gasteiger charge is 2.42. The second kappa shape index (κ2) is 6.76. The van der Waals surface area contributed by atoms with Crippen LogP contribution in [0, 0.1) is 28.9 Å². The van der Waals surface area contributed by atoms with Crippen molar-refractivity contribution >= 4 is 11.1 Å². The lowest BCUT2D eigenvalue weighted by atomic mass is 9.89. The molecule has 0 spiro atoms. The fourth-order valence-electron chi connectivity index (χ4n) is 3.87. The van der Waals surface area contributed by atoms with E-state index in [0.717, 1.165) is 18.2 Å². The Hall–Kier alpha value is -3.54. The highest BCUT2D eigenvalue weighted by molar-refractivity contribution is 6.00. The summed E-state index contributed by atoms with van der Waals surface area (Å²) in [6, 6.07) is 5.52. The van der Waals surface area contributed by atoms with Crippen LogP contribution in [0.15, 0.2) is 36.6 Å². The van der Waals surface area contributed by atoms with E-state index in [2.05, 4.69) is 0 Å². The summed E-state index contributed by atoms with van der Waals surface area (Å²) < 4.78 is 74.8. The van der Waals surface area contributed by atoms with E-state index in [1.165, 1.54) is 12.3 Å². The molecule has 2 atom stereocenters. The number of nitriles is 1.